The topological polar surface area (TPSA) is 18.5 Å². The molecule has 3 atom stereocenters. The molecule has 1 rings (SSSR count). The average Bonchev–Trinajstić information content (AvgIpc) is 2.48. The maximum absolute atomic E-state index is 5.83. The molecule has 0 saturated carbocycles. The van der Waals surface area contributed by atoms with Crippen molar-refractivity contribution in [2.24, 2.45) is 0 Å². The summed E-state index contributed by atoms with van der Waals surface area (Å²) in [6.45, 7) is 4.36. The minimum atomic E-state index is 0.342. The Morgan fingerprint density at radius 3 is 2.75 bits per heavy atom. The van der Waals surface area contributed by atoms with Gasteiger partial charge >= 0.3 is 0 Å². The number of ether oxygens (including phenoxy) is 2. The minimum absolute atomic E-state index is 0.342. The second kappa shape index (κ2) is 4.88. The van der Waals surface area contributed by atoms with Gasteiger partial charge in [-0.05, 0) is 6.42 Å². The Kier molecular flexibility index (Phi) is 4.09. The normalized spacial score (nSPS) is 35.4. The van der Waals surface area contributed by atoms with Gasteiger partial charge in [-0.2, -0.15) is 0 Å². The van der Waals surface area contributed by atoms with Gasteiger partial charge in [0.25, 0.3) is 0 Å². The lowest BCUT2D eigenvalue weighted by molar-refractivity contribution is 0.0381. The van der Waals surface area contributed by atoms with E-state index in [0.717, 1.165) is 20.1 Å². The Hall–Kier alpha value is -0.0151. The standard InChI is InChI=1S/C9H19BO2/c1-4-7-6-8(11-3)9(12-7)10-5-2/h7-10H,4-6H2,1-3H3. The lowest BCUT2D eigenvalue weighted by Gasteiger charge is -2.14. The van der Waals surface area contributed by atoms with Crippen LogP contribution in [-0.2, 0) is 9.47 Å². The van der Waals surface area contributed by atoms with Crippen LogP contribution in [0.3, 0.4) is 0 Å². The second-order valence-corrected chi connectivity index (χ2v) is 3.50. The first-order valence-corrected chi connectivity index (χ1v) is 5.00. The summed E-state index contributed by atoms with van der Waals surface area (Å²) in [5.41, 5.74) is 0. The van der Waals surface area contributed by atoms with E-state index in [0.29, 0.717) is 18.2 Å². The van der Waals surface area contributed by atoms with Crippen molar-refractivity contribution in [3.63, 3.8) is 0 Å². The molecule has 70 valence electrons. The van der Waals surface area contributed by atoms with E-state index in [9.17, 15) is 0 Å². The van der Waals surface area contributed by atoms with Crippen LogP contribution in [-0.4, -0.2) is 32.6 Å². The van der Waals surface area contributed by atoms with Crippen molar-refractivity contribution in [3.8, 4) is 0 Å². The molecular formula is C9H19BO2. The highest BCUT2D eigenvalue weighted by atomic mass is 16.6. The van der Waals surface area contributed by atoms with Crippen LogP contribution in [0, 0.1) is 0 Å². The molecule has 0 radical (unpaired) electrons. The van der Waals surface area contributed by atoms with E-state index in [1.54, 1.807) is 7.11 Å². The van der Waals surface area contributed by atoms with Gasteiger partial charge in [-0.15, -0.1) is 0 Å². The zero-order valence-corrected chi connectivity index (χ0v) is 8.38. The highest BCUT2D eigenvalue weighted by Crippen LogP contribution is 2.24. The van der Waals surface area contributed by atoms with Gasteiger partial charge in [0.15, 0.2) is 7.28 Å². The number of hydrogen-bond donors (Lipinski definition) is 0. The first-order chi connectivity index (χ1) is 5.81. The van der Waals surface area contributed by atoms with Gasteiger partial charge in [0.2, 0.25) is 0 Å². The van der Waals surface area contributed by atoms with E-state index in [2.05, 4.69) is 13.8 Å². The average molecular weight is 170 g/mol. The molecular weight excluding hydrogens is 151 g/mol. The Bertz CT molecular complexity index is 130. The van der Waals surface area contributed by atoms with Crippen LogP contribution in [0.2, 0.25) is 6.32 Å². The summed E-state index contributed by atoms with van der Waals surface area (Å²) < 4.78 is 11.2. The Morgan fingerprint density at radius 2 is 2.25 bits per heavy atom. The van der Waals surface area contributed by atoms with E-state index in [-0.39, 0.29) is 0 Å². The maximum Gasteiger partial charge on any atom is 0.160 e. The lowest BCUT2D eigenvalue weighted by atomic mass is 9.67. The van der Waals surface area contributed by atoms with E-state index >= 15 is 0 Å². The molecule has 0 aromatic heterocycles. The van der Waals surface area contributed by atoms with Crippen LogP contribution < -0.4 is 0 Å². The molecule has 1 fully saturated rings. The highest BCUT2D eigenvalue weighted by molar-refractivity contribution is 6.37. The third-order valence-corrected chi connectivity index (χ3v) is 2.61. The minimum Gasteiger partial charge on any atom is -0.381 e. The van der Waals surface area contributed by atoms with Crippen molar-refractivity contribution in [2.75, 3.05) is 7.11 Å². The van der Waals surface area contributed by atoms with Gasteiger partial charge in [0.05, 0.1) is 18.2 Å². The monoisotopic (exact) mass is 170 g/mol. The Labute approximate surface area is 75.9 Å². The molecule has 12 heavy (non-hydrogen) atoms. The zero-order chi connectivity index (χ0) is 8.97. The molecule has 0 aliphatic carbocycles. The van der Waals surface area contributed by atoms with Crippen molar-refractivity contribution in [1.29, 1.82) is 0 Å². The Morgan fingerprint density at radius 1 is 1.50 bits per heavy atom. The van der Waals surface area contributed by atoms with Crippen molar-refractivity contribution in [3.05, 3.63) is 0 Å². The van der Waals surface area contributed by atoms with E-state index < -0.39 is 0 Å². The number of hydrogen-bond acceptors (Lipinski definition) is 2. The molecule has 1 saturated heterocycles. The van der Waals surface area contributed by atoms with Crippen molar-refractivity contribution < 1.29 is 9.47 Å². The van der Waals surface area contributed by atoms with Crippen LogP contribution in [0.25, 0.3) is 0 Å². The molecule has 0 amide bonds. The molecule has 0 bridgehead atoms. The van der Waals surface area contributed by atoms with Gasteiger partial charge in [0.1, 0.15) is 0 Å². The molecule has 3 heteroatoms. The van der Waals surface area contributed by atoms with Gasteiger partial charge < -0.3 is 9.47 Å². The van der Waals surface area contributed by atoms with Gasteiger partial charge in [0, 0.05) is 13.5 Å². The summed E-state index contributed by atoms with van der Waals surface area (Å²) in [7, 11) is 2.92. The molecule has 0 aromatic rings. The van der Waals surface area contributed by atoms with E-state index in [4.69, 9.17) is 9.47 Å². The SMILES string of the molecule is CCBC1OC(CC)CC1OC. The molecule has 3 unspecified atom stereocenters. The molecule has 1 aliphatic heterocycles. The summed E-state index contributed by atoms with van der Waals surface area (Å²) in [6.07, 6.45) is 4.15. The highest BCUT2D eigenvalue weighted by Gasteiger charge is 2.33. The first kappa shape index (κ1) is 10.1. The predicted molar refractivity (Wildman–Crippen MR) is 52.0 cm³/mol. The van der Waals surface area contributed by atoms with Crippen LogP contribution in [0.1, 0.15) is 26.7 Å². The summed E-state index contributed by atoms with van der Waals surface area (Å²) in [5, 5.41) is 0. The third-order valence-electron chi connectivity index (χ3n) is 2.61. The lowest BCUT2D eigenvalue weighted by Crippen LogP contribution is -2.28. The van der Waals surface area contributed by atoms with E-state index in [1.165, 1.54) is 6.32 Å². The molecule has 1 heterocycles. The number of rotatable bonds is 4. The smallest absolute Gasteiger partial charge is 0.160 e. The quantitative estimate of drug-likeness (QED) is 0.593. The van der Waals surface area contributed by atoms with Crippen molar-refractivity contribution >= 4 is 7.28 Å². The van der Waals surface area contributed by atoms with Crippen molar-refractivity contribution in [1.82, 2.24) is 0 Å². The first-order valence-electron chi connectivity index (χ1n) is 5.00. The van der Waals surface area contributed by atoms with Crippen molar-refractivity contribution in [2.45, 2.75) is 51.2 Å². The fraction of sp³-hybridized carbons (Fsp3) is 1.00. The molecule has 1 aliphatic rings. The molecule has 0 aromatic carbocycles. The molecule has 2 nitrogen and oxygen atoms in total. The van der Waals surface area contributed by atoms with Gasteiger partial charge in [-0.1, -0.05) is 20.2 Å². The van der Waals surface area contributed by atoms with Crippen LogP contribution >= 0.6 is 0 Å². The van der Waals surface area contributed by atoms with Crippen LogP contribution in [0.4, 0.5) is 0 Å². The molecule has 0 N–H and O–H groups in total. The summed E-state index contributed by atoms with van der Waals surface area (Å²) in [4.78, 5) is 0. The second-order valence-electron chi connectivity index (χ2n) is 3.50. The van der Waals surface area contributed by atoms with Crippen LogP contribution in [0.15, 0.2) is 0 Å². The summed E-state index contributed by atoms with van der Waals surface area (Å²) >= 11 is 0. The van der Waals surface area contributed by atoms with Crippen LogP contribution in [0.5, 0.6) is 0 Å². The summed E-state index contributed by atoms with van der Waals surface area (Å²) in [5.74, 6) is 0. The predicted octanol–water partition coefficient (Wildman–Crippen LogP) is 1.40. The zero-order valence-electron chi connectivity index (χ0n) is 8.38. The Balaban J connectivity index is 2.39. The summed E-state index contributed by atoms with van der Waals surface area (Å²) in [6, 6.07) is 0.352. The number of methoxy groups -OCH3 is 1. The largest absolute Gasteiger partial charge is 0.381 e. The van der Waals surface area contributed by atoms with Gasteiger partial charge in [-0.25, -0.2) is 0 Å². The third kappa shape index (κ3) is 2.24. The maximum atomic E-state index is 5.83. The fourth-order valence-corrected chi connectivity index (χ4v) is 1.85. The molecule has 0 spiro atoms. The van der Waals surface area contributed by atoms with Gasteiger partial charge in [-0.3, -0.25) is 0 Å². The fourth-order valence-electron chi connectivity index (χ4n) is 1.85. The van der Waals surface area contributed by atoms with E-state index in [1.807, 2.05) is 0 Å².